The Morgan fingerprint density at radius 1 is 0.846 bits per heavy atom. The van der Waals surface area contributed by atoms with E-state index in [0.29, 0.717) is 22.9 Å². The molecule has 0 aromatic heterocycles. The number of hydrogen-bond donors (Lipinski definition) is 1. The second kappa shape index (κ2) is 7.45. The molecule has 0 spiro atoms. The average molecular weight is 377 g/mol. The largest absolute Gasteiger partial charge is 0.497 e. The lowest BCUT2D eigenvalue weighted by molar-refractivity contribution is 0.401. The fourth-order valence-corrected chi connectivity index (χ4v) is 4.47. The maximum absolute atomic E-state index is 13.0. The van der Waals surface area contributed by atoms with Gasteiger partial charge in [-0.05, 0) is 61.1 Å². The summed E-state index contributed by atoms with van der Waals surface area (Å²) in [6, 6.07) is 8.51. The molecule has 0 fully saturated rings. The SMILES string of the molecule is COc1ccc(OC)c(NS(=O)(=O)c2cc3c(cc2OC)CCCC3)c1. The highest BCUT2D eigenvalue weighted by atomic mass is 32.2. The van der Waals surface area contributed by atoms with Gasteiger partial charge in [0.05, 0.1) is 27.0 Å². The lowest BCUT2D eigenvalue weighted by atomic mass is 9.92. The number of fused-ring (bicyclic) bond motifs is 1. The molecule has 0 atom stereocenters. The van der Waals surface area contributed by atoms with E-state index in [9.17, 15) is 8.42 Å². The normalized spacial score (nSPS) is 13.7. The fraction of sp³-hybridized carbons (Fsp3) is 0.368. The minimum absolute atomic E-state index is 0.130. The summed E-state index contributed by atoms with van der Waals surface area (Å²) in [5, 5.41) is 0. The molecule has 0 unspecified atom stereocenters. The Balaban J connectivity index is 2.03. The first-order valence-electron chi connectivity index (χ1n) is 8.43. The molecule has 0 radical (unpaired) electrons. The molecule has 0 saturated carbocycles. The lowest BCUT2D eigenvalue weighted by Crippen LogP contribution is -2.16. The molecular formula is C19H23NO5S. The highest BCUT2D eigenvalue weighted by molar-refractivity contribution is 7.92. The standard InChI is InChI=1S/C19H23NO5S/c1-23-15-8-9-17(24-2)16(12-15)20-26(21,22)19-11-14-7-5-4-6-13(14)10-18(19)25-3/h8-12,20H,4-7H2,1-3H3. The van der Waals surface area contributed by atoms with Crippen molar-refractivity contribution in [2.24, 2.45) is 0 Å². The Morgan fingerprint density at radius 3 is 2.12 bits per heavy atom. The molecule has 140 valence electrons. The summed E-state index contributed by atoms with van der Waals surface area (Å²) in [7, 11) is 0.630. The first-order chi connectivity index (χ1) is 12.5. The molecule has 1 aliphatic rings. The molecule has 1 aliphatic carbocycles. The van der Waals surface area contributed by atoms with E-state index >= 15 is 0 Å². The zero-order valence-electron chi connectivity index (χ0n) is 15.2. The van der Waals surface area contributed by atoms with E-state index in [2.05, 4.69) is 4.72 Å². The number of benzene rings is 2. The van der Waals surface area contributed by atoms with Crippen LogP contribution in [0, 0.1) is 0 Å². The van der Waals surface area contributed by atoms with Gasteiger partial charge in [0, 0.05) is 6.07 Å². The minimum atomic E-state index is -3.86. The second-order valence-corrected chi connectivity index (χ2v) is 7.80. The predicted octanol–water partition coefficient (Wildman–Crippen LogP) is 3.39. The average Bonchev–Trinajstić information content (AvgIpc) is 2.66. The minimum Gasteiger partial charge on any atom is -0.497 e. The molecule has 7 heteroatoms. The molecule has 6 nitrogen and oxygen atoms in total. The number of anilines is 1. The third kappa shape index (κ3) is 3.58. The van der Waals surface area contributed by atoms with Crippen molar-refractivity contribution in [1.82, 2.24) is 0 Å². The van der Waals surface area contributed by atoms with Crippen LogP contribution >= 0.6 is 0 Å². The van der Waals surface area contributed by atoms with Crippen LogP contribution in [0.4, 0.5) is 5.69 Å². The van der Waals surface area contributed by atoms with Crippen LogP contribution in [0.1, 0.15) is 24.0 Å². The predicted molar refractivity (Wildman–Crippen MR) is 100.0 cm³/mol. The third-order valence-electron chi connectivity index (χ3n) is 4.57. The topological polar surface area (TPSA) is 73.9 Å². The fourth-order valence-electron chi connectivity index (χ4n) is 3.20. The monoisotopic (exact) mass is 377 g/mol. The number of nitrogens with one attached hydrogen (secondary N) is 1. The summed E-state index contributed by atoms with van der Waals surface area (Å²) in [4.78, 5) is 0.130. The van der Waals surface area contributed by atoms with Gasteiger partial charge in [0.15, 0.2) is 0 Å². The van der Waals surface area contributed by atoms with Crippen LogP contribution in [-0.4, -0.2) is 29.7 Å². The Bertz CT molecular complexity index is 908. The molecule has 0 bridgehead atoms. The summed E-state index contributed by atoms with van der Waals surface area (Å²) in [5.41, 5.74) is 2.53. The molecule has 2 aromatic carbocycles. The van der Waals surface area contributed by atoms with Crippen LogP contribution in [0.25, 0.3) is 0 Å². The van der Waals surface area contributed by atoms with E-state index in [-0.39, 0.29) is 4.90 Å². The van der Waals surface area contributed by atoms with Gasteiger partial charge in [0.1, 0.15) is 22.1 Å². The first kappa shape index (κ1) is 18.4. The number of hydrogen-bond acceptors (Lipinski definition) is 5. The zero-order valence-corrected chi connectivity index (χ0v) is 16.0. The van der Waals surface area contributed by atoms with E-state index in [1.807, 2.05) is 6.07 Å². The molecular weight excluding hydrogens is 354 g/mol. The van der Waals surface area contributed by atoms with Crippen molar-refractivity contribution < 1.29 is 22.6 Å². The molecule has 3 rings (SSSR count). The number of ether oxygens (including phenoxy) is 3. The van der Waals surface area contributed by atoms with Gasteiger partial charge in [0.2, 0.25) is 0 Å². The maximum Gasteiger partial charge on any atom is 0.265 e. The number of aryl methyl sites for hydroxylation is 2. The number of methoxy groups -OCH3 is 3. The van der Waals surface area contributed by atoms with E-state index in [1.165, 1.54) is 21.3 Å². The van der Waals surface area contributed by atoms with Crippen molar-refractivity contribution in [1.29, 1.82) is 0 Å². The molecule has 1 N–H and O–H groups in total. The van der Waals surface area contributed by atoms with Gasteiger partial charge in [-0.25, -0.2) is 8.42 Å². The van der Waals surface area contributed by atoms with Gasteiger partial charge in [-0.3, -0.25) is 4.72 Å². The number of sulfonamides is 1. The van der Waals surface area contributed by atoms with E-state index in [1.54, 1.807) is 24.3 Å². The molecule has 0 amide bonds. The number of rotatable bonds is 6. The summed E-state index contributed by atoms with van der Waals surface area (Å²) >= 11 is 0. The lowest BCUT2D eigenvalue weighted by Gasteiger charge is -2.20. The third-order valence-corrected chi connectivity index (χ3v) is 5.96. The molecule has 0 heterocycles. The molecule has 0 saturated heterocycles. The van der Waals surface area contributed by atoms with Crippen molar-refractivity contribution in [3.05, 3.63) is 41.5 Å². The van der Waals surface area contributed by atoms with Gasteiger partial charge in [-0.1, -0.05) is 0 Å². The van der Waals surface area contributed by atoms with Crippen LogP contribution in [0.5, 0.6) is 17.2 Å². The van der Waals surface area contributed by atoms with Gasteiger partial charge < -0.3 is 14.2 Å². The van der Waals surface area contributed by atoms with Crippen molar-refractivity contribution in [2.45, 2.75) is 30.6 Å². The van der Waals surface area contributed by atoms with Gasteiger partial charge in [-0.2, -0.15) is 0 Å². The van der Waals surface area contributed by atoms with Crippen molar-refractivity contribution >= 4 is 15.7 Å². The van der Waals surface area contributed by atoms with Crippen molar-refractivity contribution in [2.75, 3.05) is 26.1 Å². The quantitative estimate of drug-likeness (QED) is 0.835. The summed E-state index contributed by atoms with van der Waals surface area (Å²) in [6.07, 6.45) is 4.00. The Morgan fingerprint density at radius 2 is 1.50 bits per heavy atom. The van der Waals surface area contributed by atoms with Gasteiger partial charge >= 0.3 is 0 Å². The Hall–Kier alpha value is -2.41. The van der Waals surface area contributed by atoms with Gasteiger partial charge in [0.25, 0.3) is 10.0 Å². The van der Waals surface area contributed by atoms with E-state index < -0.39 is 10.0 Å². The summed E-state index contributed by atoms with van der Waals surface area (Å²) < 4.78 is 44.5. The molecule has 26 heavy (non-hydrogen) atoms. The first-order valence-corrected chi connectivity index (χ1v) is 9.91. The van der Waals surface area contributed by atoms with Gasteiger partial charge in [-0.15, -0.1) is 0 Å². The highest BCUT2D eigenvalue weighted by Crippen LogP contribution is 2.35. The molecule has 0 aliphatic heterocycles. The van der Waals surface area contributed by atoms with Crippen LogP contribution in [0.15, 0.2) is 35.2 Å². The van der Waals surface area contributed by atoms with Crippen molar-refractivity contribution in [3.63, 3.8) is 0 Å². The van der Waals surface area contributed by atoms with Crippen LogP contribution in [0.3, 0.4) is 0 Å². The van der Waals surface area contributed by atoms with Crippen molar-refractivity contribution in [3.8, 4) is 17.2 Å². The van der Waals surface area contributed by atoms with E-state index in [4.69, 9.17) is 14.2 Å². The zero-order chi connectivity index (χ0) is 18.7. The second-order valence-electron chi connectivity index (χ2n) is 6.15. The summed E-state index contributed by atoms with van der Waals surface area (Å²) in [5.74, 6) is 1.28. The Labute approximate surface area is 154 Å². The van der Waals surface area contributed by atoms with Crippen LogP contribution in [0.2, 0.25) is 0 Å². The smallest absolute Gasteiger partial charge is 0.265 e. The van der Waals surface area contributed by atoms with Crippen LogP contribution < -0.4 is 18.9 Å². The van der Waals surface area contributed by atoms with E-state index in [0.717, 1.165) is 36.8 Å². The summed E-state index contributed by atoms with van der Waals surface area (Å²) in [6.45, 7) is 0. The molecule has 2 aromatic rings. The Kier molecular flexibility index (Phi) is 5.27. The van der Waals surface area contributed by atoms with Crippen LogP contribution in [-0.2, 0) is 22.9 Å². The highest BCUT2D eigenvalue weighted by Gasteiger charge is 2.24. The maximum atomic E-state index is 13.0.